The first-order valence-corrected chi connectivity index (χ1v) is 4.34. The molecule has 0 aromatic rings. The zero-order valence-corrected chi connectivity index (χ0v) is 7.77. The van der Waals surface area contributed by atoms with Crippen molar-refractivity contribution in [3.05, 3.63) is 0 Å². The average molecular weight is 185 g/mol. The Balaban J connectivity index is 2.44. The number of hydrogen-bond donors (Lipinski definition) is 1. The number of aliphatic imine (C=N–C) groups is 1. The monoisotopic (exact) mass is 185 g/mol. The summed E-state index contributed by atoms with van der Waals surface area (Å²) in [6.07, 6.45) is 2.78. The van der Waals surface area contributed by atoms with Crippen molar-refractivity contribution in [1.82, 2.24) is 4.90 Å². The predicted molar refractivity (Wildman–Crippen MR) is 49.7 cm³/mol. The van der Waals surface area contributed by atoms with Crippen LogP contribution in [0.5, 0.6) is 0 Å². The smallest absolute Gasteiger partial charge is 0.344 e. The van der Waals surface area contributed by atoms with E-state index in [9.17, 15) is 4.79 Å². The minimum Gasteiger partial charge on any atom is -0.390 e. The summed E-state index contributed by atoms with van der Waals surface area (Å²) < 4.78 is 5.19. The number of nitrogens with two attached hydrogens (primary N) is 1. The molecule has 2 N–H and O–H groups in total. The van der Waals surface area contributed by atoms with Crippen molar-refractivity contribution >= 4 is 12.4 Å². The van der Waals surface area contributed by atoms with Crippen LogP contribution >= 0.6 is 0 Å². The Hall–Kier alpha value is -1.10. The average Bonchev–Trinajstić information content (AvgIpc) is 2.18. The summed E-state index contributed by atoms with van der Waals surface area (Å²) in [5.74, 6) is 0. The molecule has 0 aromatic carbocycles. The topological polar surface area (TPSA) is 67.9 Å². The Labute approximate surface area is 77.6 Å². The highest BCUT2D eigenvalue weighted by Gasteiger charge is 2.21. The van der Waals surface area contributed by atoms with Crippen molar-refractivity contribution in [1.29, 1.82) is 0 Å². The van der Waals surface area contributed by atoms with Gasteiger partial charge in [0.05, 0.1) is 6.34 Å². The fourth-order valence-corrected chi connectivity index (χ4v) is 1.38. The van der Waals surface area contributed by atoms with Crippen LogP contribution in [0.25, 0.3) is 0 Å². The molecule has 13 heavy (non-hydrogen) atoms. The van der Waals surface area contributed by atoms with Crippen LogP contribution in [0.15, 0.2) is 4.99 Å². The normalized spacial score (nSPS) is 19.2. The number of carbonyl (C=O) groups excluding carboxylic acids is 1. The minimum atomic E-state index is -0.283. The number of carbonyl (C=O) groups is 1. The highest BCUT2D eigenvalue weighted by molar-refractivity contribution is 5.82. The van der Waals surface area contributed by atoms with Gasteiger partial charge in [0.15, 0.2) is 0 Å². The first-order valence-electron chi connectivity index (χ1n) is 4.34. The molecule has 74 valence electrons. The molecule has 0 spiro atoms. The summed E-state index contributed by atoms with van der Waals surface area (Å²) in [6.45, 7) is 1.43. The van der Waals surface area contributed by atoms with Gasteiger partial charge in [-0.1, -0.05) is 0 Å². The van der Waals surface area contributed by atoms with E-state index in [-0.39, 0.29) is 12.1 Å². The summed E-state index contributed by atoms with van der Waals surface area (Å²) in [5.41, 5.74) is 5.03. The van der Waals surface area contributed by atoms with Gasteiger partial charge in [0.25, 0.3) is 0 Å². The van der Waals surface area contributed by atoms with Crippen LogP contribution < -0.4 is 5.73 Å². The molecule has 0 aliphatic carbocycles. The van der Waals surface area contributed by atoms with Crippen molar-refractivity contribution < 1.29 is 9.53 Å². The van der Waals surface area contributed by atoms with Gasteiger partial charge in [0, 0.05) is 26.3 Å². The third-order valence-corrected chi connectivity index (χ3v) is 2.23. The first kappa shape index (κ1) is 9.98. The van der Waals surface area contributed by atoms with Gasteiger partial charge < -0.3 is 15.4 Å². The van der Waals surface area contributed by atoms with E-state index in [4.69, 9.17) is 10.5 Å². The lowest BCUT2D eigenvalue weighted by atomic mass is 10.1. The van der Waals surface area contributed by atoms with E-state index in [1.165, 1.54) is 0 Å². The van der Waals surface area contributed by atoms with Crippen molar-refractivity contribution in [2.24, 2.45) is 10.7 Å². The van der Waals surface area contributed by atoms with Crippen LogP contribution in [0.2, 0.25) is 0 Å². The minimum absolute atomic E-state index is 0.241. The van der Waals surface area contributed by atoms with Crippen molar-refractivity contribution in [2.45, 2.75) is 18.9 Å². The lowest BCUT2D eigenvalue weighted by Crippen LogP contribution is -2.39. The fraction of sp³-hybridized carbons (Fsp3) is 0.750. The van der Waals surface area contributed by atoms with Gasteiger partial charge in [-0.2, -0.15) is 4.99 Å². The Bertz CT molecular complexity index is 200. The Morgan fingerprint density at radius 2 is 2.23 bits per heavy atom. The summed E-state index contributed by atoms with van der Waals surface area (Å²) in [4.78, 5) is 16.4. The van der Waals surface area contributed by atoms with E-state index < -0.39 is 0 Å². The summed E-state index contributed by atoms with van der Waals surface area (Å²) in [5, 5.41) is 0. The highest BCUT2D eigenvalue weighted by atomic mass is 16.5. The molecule has 0 atom stereocenters. The molecule has 1 aliphatic rings. The van der Waals surface area contributed by atoms with Crippen LogP contribution in [0.1, 0.15) is 12.8 Å². The summed E-state index contributed by atoms with van der Waals surface area (Å²) in [6, 6.07) is -0.0423. The standard InChI is InChI=1S/C8H15N3O2/c1-11(8(12)10-6-9)7-2-4-13-5-3-7/h6-7H,2-5H2,1H3,(H2,9,10,12). The quantitative estimate of drug-likeness (QED) is 0.469. The van der Waals surface area contributed by atoms with Crippen LogP contribution in [0.3, 0.4) is 0 Å². The number of urea groups is 1. The molecule has 1 heterocycles. The van der Waals surface area contributed by atoms with E-state index in [2.05, 4.69) is 4.99 Å². The molecule has 0 saturated carbocycles. The number of amides is 2. The molecule has 1 rings (SSSR count). The van der Waals surface area contributed by atoms with Gasteiger partial charge >= 0.3 is 6.03 Å². The maximum absolute atomic E-state index is 11.2. The highest BCUT2D eigenvalue weighted by Crippen LogP contribution is 2.13. The Morgan fingerprint density at radius 3 is 2.77 bits per heavy atom. The summed E-state index contributed by atoms with van der Waals surface area (Å²) in [7, 11) is 1.74. The van der Waals surface area contributed by atoms with Gasteiger partial charge in [-0.3, -0.25) is 0 Å². The van der Waals surface area contributed by atoms with E-state index in [0.717, 1.165) is 19.2 Å². The molecule has 0 unspecified atom stereocenters. The van der Waals surface area contributed by atoms with Crippen LogP contribution in [-0.4, -0.2) is 43.6 Å². The van der Waals surface area contributed by atoms with Gasteiger partial charge in [0.2, 0.25) is 0 Å². The largest absolute Gasteiger partial charge is 0.390 e. The van der Waals surface area contributed by atoms with Crippen molar-refractivity contribution in [2.75, 3.05) is 20.3 Å². The molecule has 1 fully saturated rings. The maximum atomic E-state index is 11.2. The fourth-order valence-electron chi connectivity index (χ4n) is 1.38. The Kier molecular flexibility index (Phi) is 3.70. The molecule has 0 aromatic heterocycles. The van der Waals surface area contributed by atoms with Gasteiger partial charge in [-0.15, -0.1) is 0 Å². The van der Waals surface area contributed by atoms with E-state index in [0.29, 0.717) is 13.2 Å². The van der Waals surface area contributed by atoms with Gasteiger partial charge in [0.1, 0.15) is 0 Å². The van der Waals surface area contributed by atoms with Crippen LogP contribution in [-0.2, 0) is 4.74 Å². The Morgan fingerprint density at radius 1 is 1.62 bits per heavy atom. The second-order valence-corrected chi connectivity index (χ2v) is 3.02. The number of hydrogen-bond acceptors (Lipinski definition) is 2. The lowest BCUT2D eigenvalue weighted by molar-refractivity contribution is 0.0539. The van der Waals surface area contributed by atoms with Crippen LogP contribution in [0, 0.1) is 0 Å². The molecule has 1 aliphatic heterocycles. The third-order valence-electron chi connectivity index (χ3n) is 2.23. The van der Waals surface area contributed by atoms with Crippen LogP contribution in [0.4, 0.5) is 4.79 Å². The molecular weight excluding hydrogens is 170 g/mol. The number of nitrogens with zero attached hydrogens (tertiary/aromatic N) is 2. The maximum Gasteiger partial charge on any atom is 0.344 e. The van der Waals surface area contributed by atoms with E-state index in [1.807, 2.05) is 0 Å². The molecule has 0 radical (unpaired) electrons. The zero-order chi connectivity index (χ0) is 9.68. The molecule has 1 saturated heterocycles. The van der Waals surface area contributed by atoms with E-state index in [1.54, 1.807) is 11.9 Å². The molecular formula is C8H15N3O2. The third kappa shape index (κ3) is 2.69. The SMILES string of the molecule is CN(C(=O)N=CN)C1CCOCC1. The molecule has 5 nitrogen and oxygen atoms in total. The first-order chi connectivity index (χ1) is 6.25. The molecule has 0 bridgehead atoms. The predicted octanol–water partition coefficient (Wildman–Crippen LogP) is 0.204. The zero-order valence-electron chi connectivity index (χ0n) is 7.77. The second kappa shape index (κ2) is 4.81. The van der Waals surface area contributed by atoms with Crippen molar-refractivity contribution in [3.63, 3.8) is 0 Å². The molecule has 2 amide bonds. The summed E-state index contributed by atoms with van der Waals surface area (Å²) >= 11 is 0. The number of ether oxygens (including phenoxy) is 1. The van der Waals surface area contributed by atoms with Gasteiger partial charge in [-0.05, 0) is 12.8 Å². The van der Waals surface area contributed by atoms with E-state index >= 15 is 0 Å². The molecule has 5 heteroatoms. The number of rotatable bonds is 1. The lowest BCUT2D eigenvalue weighted by Gasteiger charge is -2.29. The van der Waals surface area contributed by atoms with Gasteiger partial charge in [-0.25, -0.2) is 4.79 Å². The van der Waals surface area contributed by atoms with Crippen molar-refractivity contribution in [3.8, 4) is 0 Å². The second-order valence-electron chi connectivity index (χ2n) is 3.02.